The maximum Gasteiger partial charge on any atom is 0.244 e. The standard InChI is InChI=1S/C31H36FN3O6S/c1-31(2,3)33-30(37)26(18-22-10-6-5-7-11-22)34(20-23-12-8-9-13-25(23)32)29(36)21-35(42(4,38)39)24-14-15-27-28(19-24)41-17-16-40-27/h5-15,19,26H,16-18,20-21H2,1-4H3,(H,33,37). The van der Waals surface area contributed by atoms with Gasteiger partial charge in [0.1, 0.15) is 31.6 Å². The number of halogens is 1. The number of ether oxygens (including phenoxy) is 2. The van der Waals surface area contributed by atoms with Crippen molar-refractivity contribution in [2.45, 2.75) is 45.3 Å². The summed E-state index contributed by atoms with van der Waals surface area (Å²) in [6.07, 6.45) is 1.12. The van der Waals surface area contributed by atoms with Crippen LogP contribution in [0.25, 0.3) is 0 Å². The van der Waals surface area contributed by atoms with Crippen LogP contribution in [0.3, 0.4) is 0 Å². The first-order chi connectivity index (χ1) is 19.8. The van der Waals surface area contributed by atoms with Crippen LogP contribution in [0, 0.1) is 5.82 Å². The van der Waals surface area contributed by atoms with E-state index in [-0.39, 0.29) is 24.2 Å². The van der Waals surface area contributed by atoms with Gasteiger partial charge in [0, 0.05) is 30.1 Å². The largest absolute Gasteiger partial charge is 0.486 e. The van der Waals surface area contributed by atoms with E-state index in [0.717, 1.165) is 16.1 Å². The zero-order valence-corrected chi connectivity index (χ0v) is 25.0. The first kappa shape index (κ1) is 30.8. The number of amides is 2. The van der Waals surface area contributed by atoms with Gasteiger partial charge in [-0.1, -0.05) is 48.5 Å². The Morgan fingerprint density at radius 3 is 2.24 bits per heavy atom. The lowest BCUT2D eigenvalue weighted by molar-refractivity contribution is -0.140. The molecule has 3 aromatic rings. The van der Waals surface area contributed by atoms with Gasteiger partial charge in [-0.25, -0.2) is 12.8 Å². The highest BCUT2D eigenvalue weighted by atomic mass is 32.2. The van der Waals surface area contributed by atoms with Crippen molar-refractivity contribution >= 4 is 27.5 Å². The molecule has 2 amide bonds. The average Bonchev–Trinajstić information content (AvgIpc) is 2.93. The van der Waals surface area contributed by atoms with Crippen molar-refractivity contribution in [3.05, 3.63) is 89.7 Å². The molecule has 1 atom stereocenters. The summed E-state index contributed by atoms with van der Waals surface area (Å²) in [4.78, 5) is 29.1. The molecule has 1 aliphatic rings. The van der Waals surface area contributed by atoms with Crippen LogP contribution in [0.1, 0.15) is 31.9 Å². The molecule has 1 N–H and O–H groups in total. The Kier molecular flexibility index (Phi) is 9.40. The molecule has 42 heavy (non-hydrogen) atoms. The maximum atomic E-state index is 14.9. The molecule has 0 spiro atoms. The van der Waals surface area contributed by atoms with Gasteiger partial charge in [-0.2, -0.15) is 0 Å². The van der Waals surface area contributed by atoms with Gasteiger partial charge >= 0.3 is 0 Å². The molecule has 0 saturated carbocycles. The van der Waals surface area contributed by atoms with Gasteiger partial charge in [0.25, 0.3) is 0 Å². The highest BCUT2D eigenvalue weighted by Gasteiger charge is 2.35. The van der Waals surface area contributed by atoms with Crippen LogP contribution < -0.4 is 19.1 Å². The van der Waals surface area contributed by atoms with Crippen molar-refractivity contribution in [1.82, 2.24) is 10.2 Å². The minimum atomic E-state index is -3.97. The molecule has 9 nitrogen and oxygen atoms in total. The Hall–Kier alpha value is -4.12. The molecule has 0 fully saturated rings. The summed E-state index contributed by atoms with van der Waals surface area (Å²) in [6, 6.07) is 18.7. The van der Waals surface area contributed by atoms with Crippen molar-refractivity contribution in [1.29, 1.82) is 0 Å². The molecule has 0 saturated heterocycles. The second-order valence-electron chi connectivity index (χ2n) is 11.2. The van der Waals surface area contributed by atoms with E-state index in [9.17, 15) is 22.4 Å². The summed E-state index contributed by atoms with van der Waals surface area (Å²) in [7, 11) is -3.97. The van der Waals surface area contributed by atoms with E-state index in [4.69, 9.17) is 9.47 Å². The highest BCUT2D eigenvalue weighted by Crippen LogP contribution is 2.35. The van der Waals surface area contributed by atoms with Gasteiger partial charge in [0.15, 0.2) is 11.5 Å². The summed E-state index contributed by atoms with van der Waals surface area (Å²) in [5.41, 5.74) is 0.546. The van der Waals surface area contributed by atoms with Crippen molar-refractivity contribution in [3.8, 4) is 11.5 Å². The summed E-state index contributed by atoms with van der Waals surface area (Å²) in [5, 5.41) is 2.94. The van der Waals surface area contributed by atoms with Gasteiger partial charge in [0.05, 0.1) is 11.9 Å². The van der Waals surface area contributed by atoms with Crippen molar-refractivity contribution in [2.24, 2.45) is 0 Å². The zero-order valence-electron chi connectivity index (χ0n) is 24.2. The number of fused-ring (bicyclic) bond motifs is 1. The average molecular weight is 598 g/mol. The number of benzene rings is 3. The molecule has 224 valence electrons. The SMILES string of the molecule is CC(C)(C)NC(=O)C(Cc1ccccc1)N(Cc1ccccc1F)C(=O)CN(c1ccc2c(c1)OCCO2)S(C)(=O)=O. The van der Waals surface area contributed by atoms with Crippen LogP contribution in [0.5, 0.6) is 11.5 Å². The van der Waals surface area contributed by atoms with Gasteiger partial charge in [-0.05, 0) is 44.5 Å². The normalized spacial score (nSPS) is 13.6. The van der Waals surface area contributed by atoms with E-state index in [1.54, 1.807) is 12.1 Å². The Labute approximate surface area is 246 Å². The first-order valence-corrected chi connectivity index (χ1v) is 15.4. The minimum Gasteiger partial charge on any atom is -0.486 e. The fourth-order valence-corrected chi connectivity index (χ4v) is 5.46. The number of sulfonamides is 1. The molecule has 0 aliphatic carbocycles. The van der Waals surface area contributed by atoms with Gasteiger partial charge in [-0.3, -0.25) is 13.9 Å². The van der Waals surface area contributed by atoms with Crippen LogP contribution >= 0.6 is 0 Å². The fraction of sp³-hybridized carbons (Fsp3) is 0.355. The second-order valence-corrected chi connectivity index (χ2v) is 13.1. The Morgan fingerprint density at radius 2 is 1.60 bits per heavy atom. The summed E-state index contributed by atoms with van der Waals surface area (Å²) < 4.78 is 53.0. The van der Waals surface area contributed by atoms with Crippen LogP contribution in [0.2, 0.25) is 0 Å². The third kappa shape index (κ3) is 8.00. The number of nitrogens with one attached hydrogen (secondary N) is 1. The minimum absolute atomic E-state index is 0.131. The number of carbonyl (C=O) groups excluding carboxylic acids is 2. The first-order valence-electron chi connectivity index (χ1n) is 13.6. The molecule has 0 bridgehead atoms. The van der Waals surface area contributed by atoms with E-state index in [1.165, 1.54) is 35.2 Å². The van der Waals surface area contributed by atoms with E-state index in [0.29, 0.717) is 24.7 Å². The molecular weight excluding hydrogens is 561 g/mol. The van der Waals surface area contributed by atoms with Crippen molar-refractivity contribution in [2.75, 3.05) is 30.3 Å². The van der Waals surface area contributed by atoms with Gasteiger partial charge in [-0.15, -0.1) is 0 Å². The molecule has 0 radical (unpaired) electrons. The molecule has 11 heteroatoms. The molecule has 1 aliphatic heterocycles. The molecular formula is C31H36FN3O6S. The predicted octanol–water partition coefficient (Wildman–Crippen LogP) is 3.92. The third-order valence-electron chi connectivity index (χ3n) is 6.56. The molecule has 3 aromatic carbocycles. The van der Waals surface area contributed by atoms with E-state index in [2.05, 4.69) is 5.32 Å². The quantitative estimate of drug-likeness (QED) is 0.380. The molecule has 0 aromatic heterocycles. The van der Waals surface area contributed by atoms with Crippen molar-refractivity contribution in [3.63, 3.8) is 0 Å². The second kappa shape index (κ2) is 12.8. The monoisotopic (exact) mass is 597 g/mol. The number of carbonyl (C=O) groups is 2. The van der Waals surface area contributed by atoms with Crippen LogP contribution in [0.15, 0.2) is 72.8 Å². The lowest BCUT2D eigenvalue weighted by Gasteiger charge is -2.35. The van der Waals surface area contributed by atoms with Crippen LogP contribution in [0.4, 0.5) is 10.1 Å². The Balaban J connectivity index is 1.75. The van der Waals surface area contributed by atoms with Gasteiger partial charge < -0.3 is 19.7 Å². The van der Waals surface area contributed by atoms with Gasteiger partial charge in [0.2, 0.25) is 21.8 Å². The lowest BCUT2D eigenvalue weighted by Crippen LogP contribution is -2.56. The summed E-state index contributed by atoms with van der Waals surface area (Å²) in [6.45, 7) is 5.25. The maximum absolute atomic E-state index is 14.9. The number of hydrogen-bond donors (Lipinski definition) is 1. The molecule has 1 unspecified atom stereocenters. The zero-order chi connectivity index (χ0) is 30.5. The topological polar surface area (TPSA) is 105 Å². The summed E-state index contributed by atoms with van der Waals surface area (Å²) >= 11 is 0. The van der Waals surface area contributed by atoms with E-state index < -0.39 is 45.8 Å². The van der Waals surface area contributed by atoms with Crippen molar-refractivity contribution < 1.29 is 31.9 Å². The highest BCUT2D eigenvalue weighted by molar-refractivity contribution is 7.92. The van der Waals surface area contributed by atoms with Crippen LogP contribution in [-0.2, 0) is 32.6 Å². The third-order valence-corrected chi connectivity index (χ3v) is 7.70. The van der Waals surface area contributed by atoms with E-state index in [1.807, 2.05) is 51.1 Å². The van der Waals surface area contributed by atoms with E-state index >= 15 is 0 Å². The predicted molar refractivity (Wildman–Crippen MR) is 158 cm³/mol. The number of rotatable bonds is 10. The Bertz CT molecular complexity index is 1530. The molecule has 4 rings (SSSR count). The van der Waals surface area contributed by atoms with Crippen LogP contribution in [-0.4, -0.2) is 62.7 Å². The lowest BCUT2D eigenvalue weighted by atomic mass is 10.0. The molecule has 1 heterocycles. The number of hydrogen-bond acceptors (Lipinski definition) is 6. The fourth-order valence-electron chi connectivity index (χ4n) is 4.62. The smallest absolute Gasteiger partial charge is 0.244 e. The Morgan fingerprint density at radius 1 is 0.952 bits per heavy atom. The summed E-state index contributed by atoms with van der Waals surface area (Å²) in [5.74, 6) is -0.844. The number of nitrogens with zero attached hydrogens (tertiary/aromatic N) is 2. The number of anilines is 1.